The predicted molar refractivity (Wildman–Crippen MR) is 92.8 cm³/mol. The lowest BCUT2D eigenvalue weighted by atomic mass is 9.71. The van der Waals surface area contributed by atoms with Crippen LogP contribution in [-0.2, 0) is 6.42 Å². The van der Waals surface area contributed by atoms with Crippen molar-refractivity contribution in [1.29, 1.82) is 0 Å². The number of benzene rings is 1. The van der Waals surface area contributed by atoms with Crippen LogP contribution in [0.4, 0.5) is 0 Å². The summed E-state index contributed by atoms with van der Waals surface area (Å²) in [6.07, 6.45) is 3.94. The maximum absolute atomic E-state index is 3.80. The van der Waals surface area contributed by atoms with Crippen LogP contribution in [-0.4, -0.2) is 29.6 Å². The second kappa shape index (κ2) is 4.61. The van der Waals surface area contributed by atoms with Crippen molar-refractivity contribution in [1.82, 2.24) is 4.98 Å². The average Bonchev–Trinajstić information content (AvgIpc) is 2.84. The molecule has 0 radical (unpaired) electrons. The zero-order valence-corrected chi connectivity index (χ0v) is 14.4. The van der Waals surface area contributed by atoms with Crippen molar-refractivity contribution < 1.29 is 4.48 Å². The van der Waals surface area contributed by atoms with Crippen molar-refractivity contribution in [2.24, 2.45) is 11.3 Å². The number of aromatic nitrogens is 1. The minimum Gasteiger partial charge on any atom is -0.353 e. The number of piperidine rings is 1. The van der Waals surface area contributed by atoms with Gasteiger partial charge in [0, 0.05) is 30.2 Å². The molecule has 1 N–H and O–H groups in total. The molecular weight excluding hydrogens is 268 g/mol. The van der Waals surface area contributed by atoms with E-state index < -0.39 is 0 Å². The van der Waals surface area contributed by atoms with Crippen LogP contribution in [0.15, 0.2) is 24.3 Å². The Kier molecular flexibility index (Phi) is 3.00. The average molecular weight is 297 g/mol. The molecule has 22 heavy (non-hydrogen) atoms. The predicted octanol–water partition coefficient (Wildman–Crippen LogP) is 4.67. The number of nitrogens with zero attached hydrogens (tertiary/aromatic N) is 1. The second-order valence-corrected chi connectivity index (χ2v) is 8.84. The molecule has 0 saturated carbocycles. The number of likely N-dealkylation sites (N-methyl/N-ethyl adjacent to an activating group) is 1. The second-order valence-electron chi connectivity index (χ2n) is 8.84. The molecule has 4 rings (SSSR count). The third kappa shape index (κ3) is 2.04. The maximum atomic E-state index is 3.80. The summed E-state index contributed by atoms with van der Waals surface area (Å²) >= 11 is 0. The van der Waals surface area contributed by atoms with Gasteiger partial charge in [-0.2, -0.15) is 0 Å². The molecule has 0 amide bonds. The third-order valence-electron chi connectivity index (χ3n) is 6.53. The topological polar surface area (TPSA) is 15.8 Å². The van der Waals surface area contributed by atoms with E-state index in [1.165, 1.54) is 47.7 Å². The van der Waals surface area contributed by atoms with Crippen molar-refractivity contribution in [2.75, 3.05) is 20.1 Å². The SMILES string of the molecule is CC(C)(C)[C@@H]1CC[N@+]2(C)CCc3c([nH]c4ccccc34)[C@@H]2C1. The Bertz CT molecular complexity index is 706. The Morgan fingerprint density at radius 3 is 2.68 bits per heavy atom. The molecule has 1 aromatic carbocycles. The first-order valence-corrected chi connectivity index (χ1v) is 8.82. The lowest BCUT2D eigenvalue weighted by Gasteiger charge is -2.51. The van der Waals surface area contributed by atoms with E-state index in [0.29, 0.717) is 11.5 Å². The molecule has 2 aliphatic rings. The van der Waals surface area contributed by atoms with Gasteiger partial charge in [-0.1, -0.05) is 39.0 Å². The molecule has 2 nitrogen and oxygen atoms in total. The van der Waals surface area contributed by atoms with E-state index in [1.54, 1.807) is 11.3 Å². The smallest absolute Gasteiger partial charge is 0.130 e. The number of rotatable bonds is 0. The Morgan fingerprint density at radius 2 is 1.91 bits per heavy atom. The van der Waals surface area contributed by atoms with E-state index in [1.807, 2.05) is 0 Å². The molecule has 2 heteroatoms. The first-order valence-electron chi connectivity index (χ1n) is 8.82. The highest BCUT2D eigenvalue weighted by Gasteiger charge is 2.47. The molecule has 0 spiro atoms. The number of H-pyrrole nitrogens is 1. The number of quaternary nitrogens is 1. The highest BCUT2D eigenvalue weighted by Crippen LogP contribution is 2.48. The van der Waals surface area contributed by atoms with Crippen molar-refractivity contribution >= 4 is 10.9 Å². The van der Waals surface area contributed by atoms with Gasteiger partial charge in [-0.25, -0.2) is 0 Å². The third-order valence-corrected chi connectivity index (χ3v) is 6.53. The van der Waals surface area contributed by atoms with Crippen molar-refractivity contribution in [3.63, 3.8) is 0 Å². The van der Waals surface area contributed by atoms with E-state index >= 15 is 0 Å². The molecule has 3 atom stereocenters. The highest BCUT2D eigenvalue weighted by atomic mass is 15.4. The van der Waals surface area contributed by atoms with Gasteiger partial charge < -0.3 is 9.47 Å². The van der Waals surface area contributed by atoms with Crippen molar-refractivity contribution in [2.45, 2.75) is 46.1 Å². The maximum Gasteiger partial charge on any atom is 0.130 e. The van der Waals surface area contributed by atoms with Gasteiger partial charge in [-0.3, -0.25) is 0 Å². The summed E-state index contributed by atoms with van der Waals surface area (Å²) in [5.41, 5.74) is 4.91. The number of nitrogens with one attached hydrogen (secondary N) is 1. The number of hydrogen-bond acceptors (Lipinski definition) is 0. The fraction of sp³-hybridized carbons (Fsp3) is 0.600. The van der Waals surface area contributed by atoms with Crippen molar-refractivity contribution in [3.8, 4) is 0 Å². The first-order chi connectivity index (χ1) is 10.4. The molecule has 2 aromatic rings. The Labute approximate surface area is 134 Å². The molecule has 3 heterocycles. The van der Waals surface area contributed by atoms with Crippen LogP contribution in [0, 0.1) is 11.3 Å². The molecular formula is C20H29N2+. The monoisotopic (exact) mass is 297 g/mol. The number of hydrogen-bond donors (Lipinski definition) is 1. The largest absolute Gasteiger partial charge is 0.353 e. The van der Waals surface area contributed by atoms with Crippen LogP contribution in [0.25, 0.3) is 10.9 Å². The fourth-order valence-corrected chi connectivity index (χ4v) is 4.87. The molecule has 1 saturated heterocycles. The summed E-state index contributed by atoms with van der Waals surface area (Å²) in [7, 11) is 2.48. The van der Waals surface area contributed by atoms with Crippen LogP contribution in [0.3, 0.4) is 0 Å². The van der Waals surface area contributed by atoms with Crippen molar-refractivity contribution in [3.05, 3.63) is 35.5 Å². The van der Waals surface area contributed by atoms with Gasteiger partial charge >= 0.3 is 0 Å². The van der Waals surface area contributed by atoms with E-state index in [2.05, 4.69) is 57.1 Å². The summed E-state index contributed by atoms with van der Waals surface area (Å²) in [4.78, 5) is 3.80. The molecule has 0 unspecified atom stereocenters. The Balaban J connectivity index is 1.80. The Hall–Kier alpha value is -1.28. The lowest BCUT2D eigenvalue weighted by Crippen LogP contribution is -2.56. The minimum absolute atomic E-state index is 0.425. The molecule has 2 aliphatic heterocycles. The van der Waals surface area contributed by atoms with Crippen LogP contribution >= 0.6 is 0 Å². The van der Waals surface area contributed by atoms with Gasteiger partial charge in [0.05, 0.1) is 25.8 Å². The van der Waals surface area contributed by atoms with Gasteiger partial charge in [0.25, 0.3) is 0 Å². The zero-order valence-electron chi connectivity index (χ0n) is 14.4. The summed E-state index contributed by atoms with van der Waals surface area (Å²) in [5, 5.41) is 1.46. The quantitative estimate of drug-likeness (QED) is 0.680. The summed E-state index contributed by atoms with van der Waals surface area (Å²) in [6, 6.07) is 9.52. The molecule has 0 bridgehead atoms. The molecule has 0 aliphatic carbocycles. The Morgan fingerprint density at radius 1 is 1.14 bits per heavy atom. The number of aromatic amines is 1. The van der Waals surface area contributed by atoms with E-state index in [4.69, 9.17) is 0 Å². The van der Waals surface area contributed by atoms with Gasteiger partial charge in [0.1, 0.15) is 6.04 Å². The van der Waals surface area contributed by atoms with Crippen LogP contribution in [0.1, 0.15) is 50.9 Å². The van der Waals surface area contributed by atoms with E-state index in [-0.39, 0.29) is 0 Å². The van der Waals surface area contributed by atoms with Crippen LogP contribution < -0.4 is 0 Å². The van der Waals surface area contributed by atoms with Gasteiger partial charge in [0.2, 0.25) is 0 Å². The fourth-order valence-electron chi connectivity index (χ4n) is 4.87. The normalized spacial score (nSPS) is 31.8. The number of fused-ring (bicyclic) bond motifs is 5. The first kappa shape index (κ1) is 14.3. The molecule has 1 fully saturated rings. The summed E-state index contributed by atoms with van der Waals surface area (Å²) in [6.45, 7) is 9.89. The van der Waals surface area contributed by atoms with E-state index in [0.717, 1.165) is 5.92 Å². The highest BCUT2D eigenvalue weighted by molar-refractivity contribution is 5.85. The summed E-state index contributed by atoms with van der Waals surface area (Å²) in [5.74, 6) is 0.834. The molecule has 118 valence electrons. The van der Waals surface area contributed by atoms with E-state index in [9.17, 15) is 0 Å². The van der Waals surface area contributed by atoms with Gasteiger partial charge in [-0.05, 0) is 23.0 Å². The van der Waals surface area contributed by atoms with Crippen LogP contribution in [0.5, 0.6) is 0 Å². The standard InChI is InChI=1S/C20H29N2/c1-20(2,3)14-9-11-22(4)12-10-16-15-7-5-6-8-17(15)21-19(16)18(22)13-14/h5-8,14,18,21H,9-13H2,1-4H3/q+1/t14-,18+,22-/m1/s1. The van der Waals surface area contributed by atoms with Gasteiger partial charge in [0.15, 0.2) is 0 Å². The minimum atomic E-state index is 0.425. The summed E-state index contributed by atoms with van der Waals surface area (Å²) < 4.78 is 1.24. The van der Waals surface area contributed by atoms with Crippen LogP contribution in [0.2, 0.25) is 0 Å². The zero-order chi connectivity index (χ0) is 15.5. The lowest BCUT2D eigenvalue weighted by molar-refractivity contribution is -0.948. The molecule has 1 aromatic heterocycles. The van der Waals surface area contributed by atoms with Gasteiger partial charge in [-0.15, -0.1) is 0 Å². The number of para-hydroxylation sites is 1.